The predicted molar refractivity (Wildman–Crippen MR) is 129 cm³/mol. The van der Waals surface area contributed by atoms with E-state index in [1.165, 1.54) is 12.1 Å². The van der Waals surface area contributed by atoms with Crippen LogP contribution in [-0.2, 0) is 21.5 Å². The molecule has 8 heteroatoms. The lowest BCUT2D eigenvalue weighted by Crippen LogP contribution is -2.61. The van der Waals surface area contributed by atoms with Gasteiger partial charge in [0.1, 0.15) is 22.8 Å². The van der Waals surface area contributed by atoms with Crippen LogP contribution in [0.4, 0.5) is 13.6 Å². The minimum Gasteiger partial charge on any atom is -0.444 e. The Morgan fingerprint density at radius 1 is 1.03 bits per heavy atom. The number of hydrogen-bond donors (Lipinski definition) is 1. The number of amides is 2. The molecule has 1 aliphatic carbocycles. The smallest absolute Gasteiger partial charge is 0.410 e. The molecule has 1 N–H and O–H groups in total. The third kappa shape index (κ3) is 5.17. The average molecular weight is 486 g/mol. The highest BCUT2D eigenvalue weighted by atomic mass is 19.1. The molecule has 4 rings (SSSR count). The molecule has 1 aliphatic heterocycles. The van der Waals surface area contributed by atoms with Gasteiger partial charge in [0.05, 0.1) is 6.04 Å². The van der Waals surface area contributed by atoms with Crippen molar-refractivity contribution in [1.29, 1.82) is 0 Å². The average Bonchev–Trinajstić information content (AvgIpc) is 3.18. The fourth-order valence-electron chi connectivity index (χ4n) is 5.12. The maximum atomic E-state index is 13.9. The molecule has 2 aromatic carbocycles. The van der Waals surface area contributed by atoms with Crippen LogP contribution >= 0.6 is 0 Å². The van der Waals surface area contributed by atoms with Crippen LogP contribution in [0, 0.1) is 11.6 Å². The van der Waals surface area contributed by atoms with Crippen LogP contribution in [0.5, 0.6) is 0 Å². The van der Waals surface area contributed by atoms with Crippen molar-refractivity contribution in [1.82, 2.24) is 15.1 Å². The lowest BCUT2D eigenvalue weighted by atomic mass is 9.87. The Balaban J connectivity index is 1.57. The van der Waals surface area contributed by atoms with E-state index in [0.29, 0.717) is 38.2 Å². The summed E-state index contributed by atoms with van der Waals surface area (Å²) in [6.07, 6.45) is 0.984. The zero-order valence-corrected chi connectivity index (χ0v) is 20.7. The number of nitrogens with one attached hydrogen (secondary N) is 1. The van der Waals surface area contributed by atoms with Crippen LogP contribution in [0.15, 0.2) is 42.5 Å². The third-order valence-corrected chi connectivity index (χ3v) is 6.80. The van der Waals surface area contributed by atoms with Gasteiger partial charge < -0.3 is 15.0 Å². The van der Waals surface area contributed by atoms with Crippen molar-refractivity contribution in [2.75, 3.05) is 26.2 Å². The molecule has 188 valence electrons. The van der Waals surface area contributed by atoms with Crippen LogP contribution < -0.4 is 5.32 Å². The molecule has 1 unspecified atom stereocenters. The van der Waals surface area contributed by atoms with Crippen molar-refractivity contribution < 1.29 is 23.1 Å². The number of aryl methyl sites for hydroxylation is 1. The lowest BCUT2D eigenvalue weighted by Gasteiger charge is -2.45. The van der Waals surface area contributed by atoms with Crippen LogP contribution in [0.3, 0.4) is 0 Å². The molecule has 2 aliphatic rings. The molecule has 35 heavy (non-hydrogen) atoms. The second-order valence-electron chi connectivity index (χ2n) is 10.4. The second kappa shape index (κ2) is 9.57. The Labute approximate surface area is 205 Å². The first-order chi connectivity index (χ1) is 16.5. The number of piperazine rings is 1. The summed E-state index contributed by atoms with van der Waals surface area (Å²) < 4.78 is 33.1. The van der Waals surface area contributed by atoms with Gasteiger partial charge in [-0.1, -0.05) is 24.3 Å². The molecular weight excluding hydrogens is 452 g/mol. The quantitative estimate of drug-likeness (QED) is 0.691. The zero-order valence-electron chi connectivity index (χ0n) is 20.7. The number of carbonyl (C=O) groups excluding carboxylic acids is 2. The highest BCUT2D eigenvalue weighted by Crippen LogP contribution is 2.43. The Kier molecular flexibility index (Phi) is 6.86. The molecule has 2 amide bonds. The Morgan fingerprint density at radius 3 is 2.29 bits per heavy atom. The maximum Gasteiger partial charge on any atom is 0.410 e. The summed E-state index contributed by atoms with van der Waals surface area (Å²) in [6.45, 7) is 9.12. The highest BCUT2D eigenvalue weighted by molar-refractivity contribution is 5.89. The van der Waals surface area contributed by atoms with Gasteiger partial charge in [0.15, 0.2) is 0 Å². The largest absolute Gasteiger partial charge is 0.444 e. The van der Waals surface area contributed by atoms with Gasteiger partial charge in [0, 0.05) is 32.2 Å². The minimum absolute atomic E-state index is 0.203. The summed E-state index contributed by atoms with van der Waals surface area (Å²) in [5.74, 6) is -1.56. The van der Waals surface area contributed by atoms with Crippen molar-refractivity contribution in [3.63, 3.8) is 0 Å². The summed E-state index contributed by atoms with van der Waals surface area (Å²) in [5.41, 5.74) is 0.928. The molecular formula is C27H33F2N3O3. The van der Waals surface area contributed by atoms with Crippen LogP contribution in [0.25, 0.3) is 0 Å². The number of ether oxygens (including phenoxy) is 1. The number of fused-ring (bicyclic) bond motifs is 1. The Bertz CT molecular complexity index is 1090. The monoisotopic (exact) mass is 485 g/mol. The zero-order chi connectivity index (χ0) is 25.4. The number of carbonyl (C=O) groups is 2. The van der Waals surface area contributed by atoms with Crippen LogP contribution in [-0.4, -0.2) is 53.6 Å². The number of rotatable bonds is 4. The first-order valence-corrected chi connectivity index (χ1v) is 12.1. The standard InChI is InChI=1S/C27H33F2N3O3/c1-18(20-15-21(28)17-22(29)16-20)30-24(33)27(10-9-19-7-5-6-8-23(19)27)32-13-11-31(12-14-32)25(34)35-26(2,3)4/h5-8,15-18H,9-14H2,1-4H3,(H,30,33)/t18-,27?/m1/s1. The second-order valence-corrected chi connectivity index (χ2v) is 10.4. The van der Waals surface area contributed by atoms with E-state index in [9.17, 15) is 18.4 Å². The molecule has 1 fully saturated rings. The molecule has 1 heterocycles. The van der Waals surface area contributed by atoms with Crippen molar-refractivity contribution in [2.45, 2.75) is 57.7 Å². The minimum atomic E-state index is -0.920. The van der Waals surface area contributed by atoms with E-state index in [1.807, 2.05) is 45.0 Å². The normalized spacial score (nSPS) is 21.4. The fourth-order valence-corrected chi connectivity index (χ4v) is 5.12. The first kappa shape index (κ1) is 25.1. The van der Waals surface area contributed by atoms with Gasteiger partial charge in [0.25, 0.3) is 0 Å². The SMILES string of the molecule is C[C@@H](NC(=O)C1(N2CCN(C(=O)OC(C)(C)C)CC2)CCc2ccccc21)c1cc(F)cc(F)c1. The summed E-state index contributed by atoms with van der Waals surface area (Å²) >= 11 is 0. The van der Waals surface area contributed by atoms with Gasteiger partial charge in [-0.2, -0.15) is 0 Å². The van der Waals surface area contributed by atoms with Crippen molar-refractivity contribution in [2.24, 2.45) is 0 Å². The van der Waals surface area contributed by atoms with Gasteiger partial charge in [-0.25, -0.2) is 13.6 Å². The molecule has 0 radical (unpaired) electrons. The maximum absolute atomic E-state index is 13.9. The van der Waals surface area contributed by atoms with Gasteiger partial charge >= 0.3 is 6.09 Å². The molecule has 2 atom stereocenters. The first-order valence-electron chi connectivity index (χ1n) is 12.1. The van der Waals surface area contributed by atoms with Gasteiger partial charge in [-0.15, -0.1) is 0 Å². The van der Waals surface area contributed by atoms with E-state index in [1.54, 1.807) is 11.8 Å². The number of hydrogen-bond acceptors (Lipinski definition) is 4. The molecule has 6 nitrogen and oxygen atoms in total. The van der Waals surface area contributed by atoms with E-state index >= 15 is 0 Å². The molecule has 0 saturated carbocycles. The number of halogens is 2. The highest BCUT2D eigenvalue weighted by Gasteiger charge is 2.51. The summed E-state index contributed by atoms with van der Waals surface area (Å²) in [6, 6.07) is 10.6. The van der Waals surface area contributed by atoms with Crippen LogP contribution in [0.1, 0.15) is 56.8 Å². The third-order valence-electron chi connectivity index (χ3n) is 6.80. The van der Waals surface area contributed by atoms with E-state index in [4.69, 9.17) is 4.74 Å². The molecule has 2 aromatic rings. The number of benzene rings is 2. The van der Waals surface area contributed by atoms with Crippen molar-refractivity contribution in [3.05, 3.63) is 70.8 Å². The topological polar surface area (TPSA) is 61.9 Å². The number of nitrogens with zero attached hydrogens (tertiary/aromatic N) is 2. The van der Waals surface area contributed by atoms with Crippen molar-refractivity contribution >= 4 is 12.0 Å². The van der Waals surface area contributed by atoms with Crippen LogP contribution in [0.2, 0.25) is 0 Å². The Hall–Kier alpha value is -3.00. The molecule has 0 aromatic heterocycles. The lowest BCUT2D eigenvalue weighted by molar-refractivity contribution is -0.136. The van der Waals surface area contributed by atoms with Crippen molar-refractivity contribution in [3.8, 4) is 0 Å². The van der Waals surface area contributed by atoms with E-state index in [2.05, 4.69) is 10.2 Å². The fraction of sp³-hybridized carbons (Fsp3) is 0.481. The van der Waals surface area contributed by atoms with Gasteiger partial charge in [0.2, 0.25) is 5.91 Å². The Morgan fingerprint density at radius 2 is 1.66 bits per heavy atom. The van der Waals surface area contributed by atoms with Gasteiger partial charge in [-0.05, 0) is 69.4 Å². The summed E-state index contributed by atoms with van der Waals surface area (Å²) in [4.78, 5) is 30.3. The summed E-state index contributed by atoms with van der Waals surface area (Å²) in [7, 11) is 0. The van der Waals surface area contributed by atoms with E-state index in [-0.39, 0.29) is 12.0 Å². The predicted octanol–water partition coefficient (Wildman–Crippen LogP) is 4.54. The van der Waals surface area contributed by atoms with Gasteiger partial charge in [-0.3, -0.25) is 9.69 Å². The summed E-state index contributed by atoms with van der Waals surface area (Å²) in [5, 5.41) is 3.02. The van der Waals surface area contributed by atoms with E-state index < -0.39 is 28.8 Å². The molecule has 0 spiro atoms. The van der Waals surface area contributed by atoms with E-state index in [0.717, 1.165) is 23.6 Å². The molecule has 1 saturated heterocycles. The molecule has 0 bridgehead atoms.